The molecule has 0 radical (unpaired) electrons. The second-order valence-electron chi connectivity index (χ2n) is 7.25. The number of carbonyl (C=O) groups is 1. The van der Waals surface area contributed by atoms with Crippen molar-refractivity contribution < 1.29 is 19.0 Å². The highest BCUT2D eigenvalue weighted by atomic mass is 19.1. The van der Waals surface area contributed by atoms with Crippen LogP contribution >= 0.6 is 0 Å². The van der Waals surface area contributed by atoms with Crippen LogP contribution in [0.1, 0.15) is 31.2 Å². The molecule has 1 unspecified atom stereocenters. The van der Waals surface area contributed by atoms with Gasteiger partial charge in [-0.05, 0) is 50.4 Å². The number of nitrogens with zero attached hydrogens (tertiary/aromatic N) is 2. The van der Waals surface area contributed by atoms with Gasteiger partial charge in [0, 0.05) is 38.9 Å². The highest BCUT2D eigenvalue weighted by molar-refractivity contribution is 5.86. The number of hydrogen-bond donors (Lipinski definition) is 1. The number of carbonyl (C=O) groups excluding carboxylic acids is 1. The van der Waals surface area contributed by atoms with Gasteiger partial charge in [-0.25, -0.2) is 4.39 Å². The molecule has 0 aliphatic carbocycles. The summed E-state index contributed by atoms with van der Waals surface area (Å²) in [6.45, 7) is 2.84. The Morgan fingerprint density at radius 2 is 2.00 bits per heavy atom. The fraction of sp³-hybridized carbons (Fsp3) is 0.632. The number of halogens is 1. The Morgan fingerprint density at radius 1 is 1.32 bits per heavy atom. The number of amides is 1. The molecule has 0 bridgehead atoms. The van der Waals surface area contributed by atoms with Crippen LogP contribution < -0.4 is 0 Å². The summed E-state index contributed by atoms with van der Waals surface area (Å²) in [5, 5.41) is 11.0. The topological polar surface area (TPSA) is 53.0 Å². The predicted molar refractivity (Wildman–Crippen MR) is 92.5 cm³/mol. The maximum Gasteiger partial charge on any atom is 0.256 e. The Bertz CT molecular complexity index is 589. The second kappa shape index (κ2) is 7.81. The highest BCUT2D eigenvalue weighted by Crippen LogP contribution is 2.27. The highest BCUT2D eigenvalue weighted by Gasteiger charge is 2.43. The van der Waals surface area contributed by atoms with Crippen LogP contribution in [0, 0.1) is 5.82 Å². The van der Waals surface area contributed by atoms with Gasteiger partial charge in [-0.2, -0.15) is 0 Å². The lowest BCUT2D eigenvalue weighted by Gasteiger charge is -2.42. The molecule has 1 amide bonds. The molecule has 1 aromatic carbocycles. The molecule has 3 rings (SSSR count). The fourth-order valence-electron chi connectivity index (χ4n) is 3.84. The van der Waals surface area contributed by atoms with E-state index >= 15 is 0 Å². The zero-order valence-electron chi connectivity index (χ0n) is 14.8. The Labute approximate surface area is 148 Å². The summed E-state index contributed by atoms with van der Waals surface area (Å²) >= 11 is 0. The molecule has 0 saturated carbocycles. The Balaban J connectivity index is 1.64. The first-order valence-electron chi connectivity index (χ1n) is 9.02. The SMILES string of the molecule is CN(CC1(O)CCCN(Cc2ccc(F)cc2)C1=O)C1CCOCC1. The monoisotopic (exact) mass is 350 g/mol. The van der Waals surface area contributed by atoms with Gasteiger partial charge < -0.3 is 14.7 Å². The molecule has 0 spiro atoms. The molecule has 2 aliphatic heterocycles. The van der Waals surface area contributed by atoms with Crippen LogP contribution in [-0.2, 0) is 16.1 Å². The van der Waals surface area contributed by atoms with Crippen molar-refractivity contribution in [2.75, 3.05) is 33.4 Å². The summed E-state index contributed by atoms with van der Waals surface area (Å²) in [7, 11) is 1.97. The molecular formula is C19H27FN2O3. The van der Waals surface area contributed by atoms with Gasteiger partial charge in [-0.15, -0.1) is 0 Å². The fourth-order valence-corrected chi connectivity index (χ4v) is 3.84. The Morgan fingerprint density at radius 3 is 2.68 bits per heavy atom. The summed E-state index contributed by atoms with van der Waals surface area (Å²) in [5.41, 5.74) is -0.470. The molecule has 138 valence electrons. The summed E-state index contributed by atoms with van der Waals surface area (Å²) in [6, 6.07) is 6.51. The first-order chi connectivity index (χ1) is 12.0. The Hall–Kier alpha value is -1.50. The van der Waals surface area contributed by atoms with Gasteiger partial charge in [0.1, 0.15) is 5.82 Å². The summed E-state index contributed by atoms with van der Waals surface area (Å²) in [5.74, 6) is -0.509. The largest absolute Gasteiger partial charge is 0.381 e. The zero-order chi connectivity index (χ0) is 17.9. The number of aliphatic hydroxyl groups is 1. The Kier molecular flexibility index (Phi) is 5.71. The maximum absolute atomic E-state index is 13.1. The summed E-state index contributed by atoms with van der Waals surface area (Å²) < 4.78 is 18.4. The van der Waals surface area contributed by atoms with E-state index in [4.69, 9.17) is 4.74 Å². The van der Waals surface area contributed by atoms with E-state index in [1.165, 1.54) is 12.1 Å². The number of ether oxygens (including phenoxy) is 1. The number of likely N-dealkylation sites (N-methyl/N-ethyl adjacent to an activating group) is 1. The smallest absolute Gasteiger partial charge is 0.256 e. The van der Waals surface area contributed by atoms with Gasteiger partial charge in [-0.1, -0.05) is 12.1 Å². The van der Waals surface area contributed by atoms with E-state index in [9.17, 15) is 14.3 Å². The van der Waals surface area contributed by atoms with Crippen molar-refractivity contribution in [3.63, 3.8) is 0 Å². The average Bonchev–Trinajstić information content (AvgIpc) is 2.62. The third-order valence-electron chi connectivity index (χ3n) is 5.32. The first-order valence-corrected chi connectivity index (χ1v) is 9.02. The minimum absolute atomic E-state index is 0.220. The van der Waals surface area contributed by atoms with Crippen molar-refractivity contribution in [2.45, 2.75) is 43.9 Å². The normalized spacial score (nSPS) is 25.6. The lowest BCUT2D eigenvalue weighted by atomic mass is 9.90. The molecule has 1 aromatic rings. The van der Waals surface area contributed by atoms with Crippen molar-refractivity contribution in [1.82, 2.24) is 9.80 Å². The second-order valence-corrected chi connectivity index (χ2v) is 7.25. The van der Waals surface area contributed by atoms with Crippen LogP contribution in [-0.4, -0.2) is 65.8 Å². The minimum Gasteiger partial charge on any atom is -0.381 e. The first kappa shape index (κ1) is 18.3. The van der Waals surface area contributed by atoms with Gasteiger partial charge in [0.25, 0.3) is 5.91 Å². The van der Waals surface area contributed by atoms with E-state index in [1.807, 2.05) is 7.05 Å². The molecule has 5 nitrogen and oxygen atoms in total. The predicted octanol–water partition coefficient (Wildman–Crippen LogP) is 1.79. The molecule has 25 heavy (non-hydrogen) atoms. The van der Waals surface area contributed by atoms with Gasteiger partial charge >= 0.3 is 0 Å². The molecule has 2 aliphatic rings. The van der Waals surface area contributed by atoms with Crippen LogP contribution in [0.3, 0.4) is 0 Å². The van der Waals surface area contributed by atoms with E-state index < -0.39 is 5.60 Å². The van der Waals surface area contributed by atoms with Crippen molar-refractivity contribution >= 4 is 5.91 Å². The third-order valence-corrected chi connectivity index (χ3v) is 5.32. The molecule has 2 heterocycles. The van der Waals surface area contributed by atoms with Crippen molar-refractivity contribution in [1.29, 1.82) is 0 Å². The van der Waals surface area contributed by atoms with Crippen LogP contribution in [0.15, 0.2) is 24.3 Å². The number of hydrogen-bond acceptors (Lipinski definition) is 4. The van der Waals surface area contributed by atoms with Crippen molar-refractivity contribution in [3.8, 4) is 0 Å². The standard InChI is InChI=1S/C19H27FN2O3/c1-21(17-7-11-25-12-8-17)14-19(24)9-2-10-22(18(19)23)13-15-3-5-16(20)6-4-15/h3-6,17,24H,2,7-14H2,1H3. The van der Waals surface area contributed by atoms with E-state index in [-0.39, 0.29) is 11.7 Å². The van der Waals surface area contributed by atoms with E-state index in [0.717, 1.165) is 38.0 Å². The summed E-state index contributed by atoms with van der Waals surface area (Å²) in [4.78, 5) is 16.7. The van der Waals surface area contributed by atoms with Gasteiger partial charge in [-0.3, -0.25) is 9.69 Å². The molecule has 2 fully saturated rings. The zero-order valence-corrected chi connectivity index (χ0v) is 14.8. The third kappa shape index (κ3) is 4.37. The van der Waals surface area contributed by atoms with Crippen molar-refractivity contribution in [2.24, 2.45) is 0 Å². The van der Waals surface area contributed by atoms with Crippen LogP contribution in [0.25, 0.3) is 0 Å². The average molecular weight is 350 g/mol. The van der Waals surface area contributed by atoms with E-state index in [1.54, 1.807) is 17.0 Å². The summed E-state index contributed by atoms with van der Waals surface area (Å²) in [6.07, 6.45) is 3.12. The van der Waals surface area contributed by atoms with E-state index in [0.29, 0.717) is 32.1 Å². The number of piperidine rings is 1. The van der Waals surface area contributed by atoms with Gasteiger partial charge in [0.05, 0.1) is 0 Å². The quantitative estimate of drug-likeness (QED) is 0.880. The number of likely N-dealkylation sites (tertiary alicyclic amines) is 1. The molecule has 2 saturated heterocycles. The van der Waals surface area contributed by atoms with Crippen LogP contribution in [0.5, 0.6) is 0 Å². The van der Waals surface area contributed by atoms with Crippen LogP contribution in [0.2, 0.25) is 0 Å². The number of benzene rings is 1. The lowest BCUT2D eigenvalue weighted by Crippen LogP contribution is -2.59. The van der Waals surface area contributed by atoms with E-state index in [2.05, 4.69) is 4.90 Å². The lowest BCUT2D eigenvalue weighted by molar-refractivity contribution is -0.161. The number of rotatable bonds is 5. The minimum atomic E-state index is -1.34. The molecular weight excluding hydrogens is 323 g/mol. The molecule has 1 N–H and O–H groups in total. The molecule has 0 aromatic heterocycles. The van der Waals surface area contributed by atoms with Crippen molar-refractivity contribution in [3.05, 3.63) is 35.6 Å². The van der Waals surface area contributed by atoms with Gasteiger partial charge in [0.2, 0.25) is 0 Å². The van der Waals surface area contributed by atoms with Gasteiger partial charge in [0.15, 0.2) is 5.60 Å². The molecule has 6 heteroatoms. The van der Waals surface area contributed by atoms with Crippen LogP contribution in [0.4, 0.5) is 4.39 Å². The molecule has 1 atom stereocenters. The maximum atomic E-state index is 13.1.